The summed E-state index contributed by atoms with van der Waals surface area (Å²) in [4.78, 5) is 28.6. The molecule has 1 saturated heterocycles. The van der Waals surface area contributed by atoms with E-state index in [-0.39, 0.29) is 5.92 Å². The maximum atomic E-state index is 13.1. The number of rotatable bonds is 5. The summed E-state index contributed by atoms with van der Waals surface area (Å²) in [7, 11) is 5.80. The zero-order valence-corrected chi connectivity index (χ0v) is 20.3. The first kappa shape index (κ1) is 21.3. The number of aryl methyl sites for hydroxylation is 1. The number of methoxy groups -OCH3 is 1. The third-order valence-corrected chi connectivity index (χ3v) is 8.23. The molecule has 0 aromatic carbocycles. The van der Waals surface area contributed by atoms with Crippen molar-refractivity contribution in [1.29, 1.82) is 0 Å². The smallest absolute Gasteiger partial charge is 0.226 e. The number of hydrogen-bond donors (Lipinski definition) is 1. The minimum absolute atomic E-state index is 0.0532. The van der Waals surface area contributed by atoms with E-state index in [1.807, 2.05) is 23.2 Å². The lowest BCUT2D eigenvalue weighted by molar-refractivity contribution is -0.142. The number of pyridine rings is 1. The van der Waals surface area contributed by atoms with Crippen LogP contribution in [0.5, 0.6) is 5.75 Å². The highest BCUT2D eigenvalue weighted by atomic mass is 32.1. The van der Waals surface area contributed by atoms with E-state index in [1.54, 1.807) is 35.5 Å². The Labute approximate surface area is 201 Å². The molecule has 1 N–H and O–H groups in total. The van der Waals surface area contributed by atoms with Crippen LogP contribution in [-0.2, 0) is 17.6 Å². The first-order valence-corrected chi connectivity index (χ1v) is 12.3. The molecule has 1 aliphatic carbocycles. The third-order valence-electron chi connectivity index (χ3n) is 7.07. The number of aromatic nitrogens is 4. The van der Waals surface area contributed by atoms with E-state index in [0.29, 0.717) is 17.7 Å². The molecule has 6 rings (SSSR count). The number of carbonyl (C=O) groups excluding carboxylic acids is 1. The van der Waals surface area contributed by atoms with Gasteiger partial charge in [-0.3, -0.25) is 4.79 Å². The van der Waals surface area contributed by atoms with Gasteiger partial charge in [0.1, 0.15) is 17.0 Å². The summed E-state index contributed by atoms with van der Waals surface area (Å²) in [5.41, 5.74) is 3.06. The lowest BCUT2D eigenvalue weighted by Crippen LogP contribution is -2.60. The Balaban J connectivity index is 1.28. The van der Waals surface area contributed by atoms with Gasteiger partial charge in [0.2, 0.25) is 5.91 Å². The number of ether oxygens (including phenoxy) is 1. The van der Waals surface area contributed by atoms with Gasteiger partial charge < -0.3 is 19.9 Å². The van der Waals surface area contributed by atoms with Crippen molar-refractivity contribution in [2.24, 2.45) is 5.92 Å². The van der Waals surface area contributed by atoms with Crippen molar-refractivity contribution in [2.45, 2.75) is 25.3 Å². The second kappa shape index (κ2) is 8.21. The van der Waals surface area contributed by atoms with E-state index in [4.69, 9.17) is 4.74 Å². The molecule has 2 aliphatic rings. The van der Waals surface area contributed by atoms with Crippen LogP contribution in [0.2, 0.25) is 0 Å². The molecule has 9 nitrogen and oxygen atoms in total. The average Bonchev–Trinajstić information content (AvgIpc) is 3.40. The molecule has 176 valence electrons. The first-order valence-electron chi connectivity index (χ1n) is 11.5. The summed E-state index contributed by atoms with van der Waals surface area (Å²) >= 11 is 1.69. The van der Waals surface area contributed by atoms with E-state index in [0.717, 1.165) is 59.6 Å². The summed E-state index contributed by atoms with van der Waals surface area (Å²) < 4.78 is 7.37. The maximum absolute atomic E-state index is 13.1. The SMILES string of the molecule is COc1cn2nccc2cc1Nc1ncnc2sc3c(c12)CC[C@H](C(=O)N1CC(N(C)C)C1)C3. The van der Waals surface area contributed by atoms with E-state index in [1.165, 1.54) is 10.4 Å². The fraction of sp³-hybridized carbons (Fsp3) is 0.417. The van der Waals surface area contributed by atoms with Crippen molar-refractivity contribution < 1.29 is 9.53 Å². The quantitative estimate of drug-likeness (QED) is 0.473. The number of carbonyl (C=O) groups is 1. The Kier molecular flexibility index (Phi) is 5.14. The number of thiophene rings is 1. The molecule has 34 heavy (non-hydrogen) atoms. The minimum atomic E-state index is 0.0532. The van der Waals surface area contributed by atoms with Crippen LogP contribution in [0.1, 0.15) is 16.9 Å². The van der Waals surface area contributed by atoms with Gasteiger partial charge in [-0.25, -0.2) is 14.5 Å². The summed E-state index contributed by atoms with van der Waals surface area (Å²) in [6.07, 6.45) is 7.71. The number of likely N-dealkylation sites (N-methyl/N-ethyl adjacent to an activating group) is 1. The first-order chi connectivity index (χ1) is 16.5. The molecular formula is C24H27N7O2S. The average molecular weight is 478 g/mol. The highest BCUT2D eigenvalue weighted by Crippen LogP contribution is 2.41. The summed E-state index contributed by atoms with van der Waals surface area (Å²) in [5.74, 6) is 1.80. The summed E-state index contributed by atoms with van der Waals surface area (Å²) in [5, 5.41) is 8.82. The number of fused-ring (bicyclic) bond motifs is 4. The van der Waals surface area contributed by atoms with Crippen molar-refractivity contribution in [3.8, 4) is 5.75 Å². The van der Waals surface area contributed by atoms with Gasteiger partial charge in [-0.05, 0) is 51.1 Å². The van der Waals surface area contributed by atoms with Crippen molar-refractivity contribution in [2.75, 3.05) is 39.6 Å². The zero-order chi connectivity index (χ0) is 23.4. The molecule has 0 bridgehead atoms. The van der Waals surface area contributed by atoms with Crippen molar-refractivity contribution in [1.82, 2.24) is 29.4 Å². The predicted molar refractivity (Wildman–Crippen MR) is 132 cm³/mol. The Morgan fingerprint density at radius 1 is 1.29 bits per heavy atom. The monoisotopic (exact) mass is 477 g/mol. The van der Waals surface area contributed by atoms with Crippen LogP contribution in [0.25, 0.3) is 15.7 Å². The standard InChI is InChI=1S/C24H27N7O2S/c1-29(2)16-10-30(11-16)24(32)14-4-5-17-20(8-14)34-23-21(17)22(25-13-26-23)28-18-9-15-6-7-27-31(15)12-19(18)33-3/h6-7,9,12-14,16H,4-5,8,10-11H2,1-3H3,(H,25,26,28)/t14-/m0/s1. The largest absolute Gasteiger partial charge is 0.493 e. The number of nitrogens with one attached hydrogen (secondary N) is 1. The molecular weight excluding hydrogens is 450 g/mol. The van der Waals surface area contributed by atoms with Crippen LogP contribution < -0.4 is 10.1 Å². The Morgan fingerprint density at radius 3 is 2.94 bits per heavy atom. The van der Waals surface area contributed by atoms with Gasteiger partial charge in [-0.2, -0.15) is 5.10 Å². The van der Waals surface area contributed by atoms with Crippen LogP contribution in [0, 0.1) is 5.92 Å². The Hall–Kier alpha value is -3.24. The van der Waals surface area contributed by atoms with Crippen molar-refractivity contribution in [3.63, 3.8) is 0 Å². The van der Waals surface area contributed by atoms with Crippen LogP contribution in [0.15, 0.2) is 30.9 Å². The number of amides is 1. The molecule has 1 atom stereocenters. The Bertz CT molecular complexity index is 1390. The Morgan fingerprint density at radius 2 is 2.15 bits per heavy atom. The number of hydrogen-bond acceptors (Lipinski definition) is 8. The van der Waals surface area contributed by atoms with Gasteiger partial charge in [0, 0.05) is 36.1 Å². The number of anilines is 2. The molecule has 10 heteroatoms. The normalized spacial score (nSPS) is 18.4. The second-order valence-corrected chi connectivity index (χ2v) is 10.4. The van der Waals surface area contributed by atoms with Crippen LogP contribution in [0.3, 0.4) is 0 Å². The van der Waals surface area contributed by atoms with Gasteiger partial charge in [-0.1, -0.05) is 0 Å². The summed E-state index contributed by atoms with van der Waals surface area (Å²) in [6, 6.07) is 4.43. The number of likely N-dealkylation sites (tertiary alicyclic amines) is 1. The van der Waals surface area contributed by atoms with E-state index in [9.17, 15) is 4.79 Å². The minimum Gasteiger partial charge on any atom is -0.493 e. The topological polar surface area (TPSA) is 87.9 Å². The molecule has 4 aromatic heterocycles. The maximum Gasteiger partial charge on any atom is 0.226 e. The summed E-state index contributed by atoms with van der Waals surface area (Å²) in [6.45, 7) is 1.68. The molecule has 1 aliphatic heterocycles. The fourth-order valence-electron chi connectivity index (χ4n) is 4.97. The van der Waals surface area contributed by atoms with Gasteiger partial charge in [-0.15, -0.1) is 11.3 Å². The molecule has 0 spiro atoms. The zero-order valence-electron chi connectivity index (χ0n) is 19.5. The van der Waals surface area contributed by atoms with Crippen molar-refractivity contribution >= 4 is 44.5 Å². The van der Waals surface area contributed by atoms with E-state index in [2.05, 4.69) is 39.4 Å². The molecule has 0 saturated carbocycles. The molecule has 0 unspecified atom stereocenters. The number of nitrogens with zero attached hydrogens (tertiary/aromatic N) is 6. The highest BCUT2D eigenvalue weighted by molar-refractivity contribution is 7.19. The van der Waals surface area contributed by atoms with Gasteiger partial charge in [0.15, 0.2) is 5.75 Å². The molecule has 1 amide bonds. The lowest BCUT2D eigenvalue weighted by Gasteiger charge is -2.44. The molecule has 0 radical (unpaired) electrons. The lowest BCUT2D eigenvalue weighted by atomic mass is 9.86. The third kappa shape index (κ3) is 3.48. The van der Waals surface area contributed by atoms with Crippen LogP contribution in [-0.4, -0.2) is 75.6 Å². The van der Waals surface area contributed by atoms with E-state index >= 15 is 0 Å². The van der Waals surface area contributed by atoms with Gasteiger partial charge in [0.05, 0.1) is 29.9 Å². The van der Waals surface area contributed by atoms with E-state index < -0.39 is 0 Å². The predicted octanol–water partition coefficient (Wildman–Crippen LogP) is 2.97. The molecule has 4 aromatic rings. The second-order valence-electron chi connectivity index (χ2n) is 9.29. The van der Waals surface area contributed by atoms with Crippen molar-refractivity contribution in [3.05, 3.63) is 41.3 Å². The fourth-order valence-corrected chi connectivity index (χ4v) is 6.24. The van der Waals surface area contributed by atoms with Gasteiger partial charge in [0.25, 0.3) is 0 Å². The van der Waals surface area contributed by atoms with Crippen LogP contribution >= 0.6 is 11.3 Å². The molecule has 1 fully saturated rings. The molecule has 5 heterocycles. The van der Waals surface area contributed by atoms with Gasteiger partial charge >= 0.3 is 0 Å². The van der Waals surface area contributed by atoms with Crippen LogP contribution in [0.4, 0.5) is 11.5 Å². The highest BCUT2D eigenvalue weighted by Gasteiger charge is 2.37.